The predicted molar refractivity (Wildman–Crippen MR) is 86.2 cm³/mol. The zero-order chi connectivity index (χ0) is 13.1. The van der Waals surface area contributed by atoms with E-state index in [1.807, 2.05) is 6.92 Å². The van der Waals surface area contributed by atoms with Crippen LogP contribution in [0.1, 0.15) is 11.4 Å². The third kappa shape index (κ3) is 3.31. The molecule has 0 radical (unpaired) electrons. The Hall–Kier alpha value is -1.00. The molecule has 1 N–H and O–H groups in total. The van der Waals surface area contributed by atoms with Gasteiger partial charge in [0.05, 0.1) is 10.7 Å². The minimum absolute atomic E-state index is 0.839. The van der Waals surface area contributed by atoms with E-state index in [0.29, 0.717) is 0 Å². The highest BCUT2D eigenvalue weighted by atomic mass is 32.2. The normalized spacial score (nSPS) is 18.7. The lowest BCUT2D eigenvalue weighted by Gasteiger charge is -2.11. The highest BCUT2D eigenvalue weighted by Gasteiger charge is 2.14. The smallest absolute Gasteiger partial charge is 0.0901 e. The van der Waals surface area contributed by atoms with Gasteiger partial charge in [0.25, 0.3) is 0 Å². The van der Waals surface area contributed by atoms with Gasteiger partial charge in [0.2, 0.25) is 0 Å². The number of hydrogen-bond donors (Lipinski definition) is 1. The molecule has 0 amide bonds. The molecule has 1 aromatic carbocycles. The van der Waals surface area contributed by atoms with Gasteiger partial charge in [-0.1, -0.05) is 12.1 Å². The maximum atomic E-state index is 4.51. The molecule has 1 fully saturated rings. The van der Waals surface area contributed by atoms with Crippen LogP contribution in [0.3, 0.4) is 0 Å². The van der Waals surface area contributed by atoms with E-state index in [-0.39, 0.29) is 0 Å². The van der Waals surface area contributed by atoms with E-state index in [9.17, 15) is 0 Å². The minimum atomic E-state index is 0.839. The molecular formula is C15H18N2S2. The van der Waals surface area contributed by atoms with Crippen molar-refractivity contribution in [1.29, 1.82) is 0 Å². The van der Waals surface area contributed by atoms with E-state index in [0.717, 1.165) is 23.2 Å². The summed E-state index contributed by atoms with van der Waals surface area (Å²) in [5.74, 6) is 3.48. The average Bonchev–Trinajstić information content (AvgIpc) is 3.08. The molecular weight excluding hydrogens is 272 g/mol. The lowest BCUT2D eigenvalue weighted by Crippen LogP contribution is -2.13. The predicted octanol–water partition coefficient (Wildman–Crippen LogP) is 4.28. The Morgan fingerprint density at radius 1 is 1.32 bits per heavy atom. The summed E-state index contributed by atoms with van der Waals surface area (Å²) in [5.41, 5.74) is 3.50. The van der Waals surface area contributed by atoms with E-state index in [4.69, 9.17) is 0 Å². The van der Waals surface area contributed by atoms with Crippen LogP contribution in [0.4, 0.5) is 5.69 Å². The Kier molecular flexibility index (Phi) is 4.09. The van der Waals surface area contributed by atoms with Crippen molar-refractivity contribution in [2.24, 2.45) is 5.92 Å². The first kappa shape index (κ1) is 13.0. The second-order valence-corrected chi connectivity index (χ2v) is 7.15. The molecule has 0 spiro atoms. The molecule has 0 bridgehead atoms. The standard InChI is InChI=1S/C15H18N2S2/c1-11-17-15(10-19-11)13-2-4-14(5-3-13)16-8-12-6-7-18-9-12/h2-5,10,12,16H,6-9H2,1H3. The van der Waals surface area contributed by atoms with E-state index >= 15 is 0 Å². The number of hydrogen-bond acceptors (Lipinski definition) is 4. The maximum Gasteiger partial charge on any atom is 0.0901 e. The van der Waals surface area contributed by atoms with Gasteiger partial charge in [-0.15, -0.1) is 11.3 Å². The molecule has 2 aromatic rings. The van der Waals surface area contributed by atoms with Gasteiger partial charge in [0.1, 0.15) is 0 Å². The van der Waals surface area contributed by atoms with Crippen LogP contribution in [0.2, 0.25) is 0 Å². The van der Waals surface area contributed by atoms with Gasteiger partial charge in [-0.2, -0.15) is 11.8 Å². The Bertz CT molecular complexity index is 527. The van der Waals surface area contributed by atoms with Crippen molar-refractivity contribution < 1.29 is 0 Å². The van der Waals surface area contributed by atoms with Gasteiger partial charge >= 0.3 is 0 Å². The van der Waals surface area contributed by atoms with Crippen LogP contribution >= 0.6 is 23.1 Å². The first-order valence-corrected chi connectivity index (χ1v) is 8.69. The fraction of sp³-hybridized carbons (Fsp3) is 0.400. The fourth-order valence-corrected chi connectivity index (χ4v) is 4.17. The third-order valence-corrected chi connectivity index (χ3v) is 5.42. The van der Waals surface area contributed by atoms with Gasteiger partial charge < -0.3 is 5.32 Å². The molecule has 100 valence electrons. The zero-order valence-corrected chi connectivity index (χ0v) is 12.7. The quantitative estimate of drug-likeness (QED) is 0.909. The Morgan fingerprint density at radius 3 is 2.79 bits per heavy atom. The van der Waals surface area contributed by atoms with Gasteiger partial charge in [0, 0.05) is 23.2 Å². The maximum absolute atomic E-state index is 4.51. The molecule has 1 aromatic heterocycles. The number of benzene rings is 1. The van der Waals surface area contributed by atoms with Gasteiger partial charge in [-0.05, 0) is 42.9 Å². The lowest BCUT2D eigenvalue weighted by atomic mass is 10.1. The number of thiazole rings is 1. The van der Waals surface area contributed by atoms with Gasteiger partial charge in [0.15, 0.2) is 0 Å². The van der Waals surface area contributed by atoms with Crippen molar-refractivity contribution in [3.63, 3.8) is 0 Å². The first-order chi connectivity index (χ1) is 9.31. The van der Waals surface area contributed by atoms with E-state index in [2.05, 4.69) is 51.7 Å². The first-order valence-electron chi connectivity index (χ1n) is 6.65. The zero-order valence-electron chi connectivity index (χ0n) is 11.1. The second-order valence-electron chi connectivity index (χ2n) is 4.94. The van der Waals surface area contributed by atoms with Crippen LogP contribution < -0.4 is 5.32 Å². The van der Waals surface area contributed by atoms with Gasteiger partial charge in [-0.25, -0.2) is 4.98 Å². The molecule has 1 saturated heterocycles. The molecule has 1 unspecified atom stereocenters. The van der Waals surface area contributed by atoms with Crippen molar-refractivity contribution in [2.75, 3.05) is 23.4 Å². The number of thioether (sulfide) groups is 1. The highest BCUT2D eigenvalue weighted by Crippen LogP contribution is 2.25. The molecule has 0 aliphatic carbocycles. The van der Waals surface area contributed by atoms with Crippen molar-refractivity contribution in [3.8, 4) is 11.3 Å². The SMILES string of the molecule is Cc1nc(-c2ccc(NCC3CCSC3)cc2)cs1. The summed E-state index contributed by atoms with van der Waals surface area (Å²) in [6, 6.07) is 8.62. The third-order valence-electron chi connectivity index (χ3n) is 3.42. The van der Waals surface area contributed by atoms with E-state index in [1.165, 1.54) is 29.2 Å². The van der Waals surface area contributed by atoms with Crippen molar-refractivity contribution in [2.45, 2.75) is 13.3 Å². The summed E-state index contributed by atoms with van der Waals surface area (Å²) in [5, 5.41) is 6.78. The molecule has 1 atom stereocenters. The molecule has 3 rings (SSSR count). The fourth-order valence-electron chi connectivity index (χ4n) is 2.26. The molecule has 19 heavy (non-hydrogen) atoms. The largest absolute Gasteiger partial charge is 0.385 e. The molecule has 4 heteroatoms. The number of nitrogens with one attached hydrogen (secondary N) is 1. The average molecular weight is 290 g/mol. The number of rotatable bonds is 4. The Labute approximate surface area is 122 Å². The number of nitrogens with zero attached hydrogens (tertiary/aromatic N) is 1. The van der Waals surface area contributed by atoms with Gasteiger partial charge in [-0.3, -0.25) is 0 Å². The molecule has 2 heterocycles. The van der Waals surface area contributed by atoms with Crippen molar-refractivity contribution in [1.82, 2.24) is 4.98 Å². The minimum Gasteiger partial charge on any atom is -0.385 e. The highest BCUT2D eigenvalue weighted by molar-refractivity contribution is 7.99. The molecule has 0 saturated carbocycles. The summed E-state index contributed by atoms with van der Waals surface area (Å²) < 4.78 is 0. The number of aryl methyl sites for hydroxylation is 1. The summed E-state index contributed by atoms with van der Waals surface area (Å²) in [6.07, 6.45) is 1.36. The lowest BCUT2D eigenvalue weighted by molar-refractivity contribution is 0.632. The summed E-state index contributed by atoms with van der Waals surface area (Å²) >= 11 is 3.77. The Morgan fingerprint density at radius 2 is 2.16 bits per heavy atom. The molecule has 1 aliphatic rings. The second kappa shape index (κ2) is 5.97. The van der Waals surface area contributed by atoms with Crippen LogP contribution in [0.15, 0.2) is 29.6 Å². The molecule has 1 aliphatic heterocycles. The van der Waals surface area contributed by atoms with Crippen LogP contribution in [0.25, 0.3) is 11.3 Å². The van der Waals surface area contributed by atoms with Crippen LogP contribution in [-0.2, 0) is 0 Å². The van der Waals surface area contributed by atoms with Crippen molar-refractivity contribution >= 4 is 28.8 Å². The number of anilines is 1. The van der Waals surface area contributed by atoms with Crippen molar-refractivity contribution in [3.05, 3.63) is 34.7 Å². The summed E-state index contributed by atoms with van der Waals surface area (Å²) in [6.45, 7) is 3.14. The molecule has 2 nitrogen and oxygen atoms in total. The van der Waals surface area contributed by atoms with Crippen LogP contribution in [-0.4, -0.2) is 23.0 Å². The monoisotopic (exact) mass is 290 g/mol. The van der Waals surface area contributed by atoms with E-state index in [1.54, 1.807) is 11.3 Å². The van der Waals surface area contributed by atoms with E-state index < -0.39 is 0 Å². The topological polar surface area (TPSA) is 24.9 Å². The summed E-state index contributed by atoms with van der Waals surface area (Å²) in [7, 11) is 0. The number of aromatic nitrogens is 1. The van der Waals surface area contributed by atoms with Crippen LogP contribution in [0.5, 0.6) is 0 Å². The van der Waals surface area contributed by atoms with Crippen LogP contribution in [0, 0.1) is 12.8 Å². The Balaban J connectivity index is 1.62. The summed E-state index contributed by atoms with van der Waals surface area (Å²) in [4.78, 5) is 4.51.